The molecule has 1 amide bonds. The van der Waals surface area contributed by atoms with E-state index in [0.29, 0.717) is 16.7 Å². The van der Waals surface area contributed by atoms with Crippen molar-refractivity contribution in [2.45, 2.75) is 39.0 Å². The number of carbonyl (C=O) groups is 1. The zero-order valence-electron chi connectivity index (χ0n) is 14.2. The molecule has 4 rings (SSSR count). The van der Waals surface area contributed by atoms with Gasteiger partial charge in [-0.25, -0.2) is 0 Å². The molecule has 0 spiro atoms. The Balaban J connectivity index is 1.65. The molecule has 1 aromatic rings. The summed E-state index contributed by atoms with van der Waals surface area (Å²) in [6.07, 6.45) is 7.77. The van der Waals surface area contributed by atoms with E-state index >= 15 is 0 Å². The SMILES string of the molecule is Cc1ccccc1C=C1C(=N)N2N=C(C3CCCCC3)SC2=NC1=O. The molecule has 1 N–H and O–H groups in total. The Labute approximate surface area is 151 Å². The van der Waals surface area contributed by atoms with Crippen LogP contribution in [0.3, 0.4) is 0 Å². The largest absolute Gasteiger partial charge is 0.283 e. The maximum atomic E-state index is 12.5. The highest BCUT2D eigenvalue weighted by atomic mass is 32.2. The van der Waals surface area contributed by atoms with Gasteiger partial charge in [-0.2, -0.15) is 15.1 Å². The van der Waals surface area contributed by atoms with E-state index in [2.05, 4.69) is 10.1 Å². The minimum Gasteiger partial charge on any atom is -0.282 e. The number of nitrogens with one attached hydrogen (secondary N) is 1. The molecular formula is C19H20N4OS. The van der Waals surface area contributed by atoms with Crippen LogP contribution in [-0.4, -0.2) is 27.0 Å². The average Bonchev–Trinajstić information content (AvgIpc) is 3.05. The molecule has 0 unspecified atom stereocenters. The summed E-state index contributed by atoms with van der Waals surface area (Å²) in [5, 5.41) is 16.2. The van der Waals surface area contributed by atoms with E-state index in [9.17, 15) is 4.79 Å². The first-order chi connectivity index (χ1) is 12.1. The van der Waals surface area contributed by atoms with Crippen LogP contribution >= 0.6 is 11.8 Å². The zero-order chi connectivity index (χ0) is 17.4. The highest BCUT2D eigenvalue weighted by Crippen LogP contribution is 2.36. The van der Waals surface area contributed by atoms with Crippen LogP contribution in [0, 0.1) is 18.3 Å². The Bertz CT molecular complexity index is 834. The summed E-state index contributed by atoms with van der Waals surface area (Å²) in [4.78, 5) is 16.6. The van der Waals surface area contributed by atoms with Gasteiger partial charge in [0.1, 0.15) is 5.04 Å². The summed E-state index contributed by atoms with van der Waals surface area (Å²) >= 11 is 1.46. The molecule has 2 heterocycles. The van der Waals surface area contributed by atoms with E-state index in [0.717, 1.165) is 29.0 Å². The average molecular weight is 352 g/mol. The van der Waals surface area contributed by atoms with Crippen LogP contribution in [0.1, 0.15) is 43.2 Å². The van der Waals surface area contributed by atoms with Crippen molar-refractivity contribution >= 4 is 39.8 Å². The molecule has 1 saturated carbocycles. The van der Waals surface area contributed by atoms with Gasteiger partial charge in [0.15, 0.2) is 5.84 Å². The highest BCUT2D eigenvalue weighted by molar-refractivity contribution is 8.27. The van der Waals surface area contributed by atoms with E-state index in [1.54, 1.807) is 6.08 Å². The van der Waals surface area contributed by atoms with E-state index in [1.807, 2.05) is 31.2 Å². The van der Waals surface area contributed by atoms with Crippen LogP contribution in [-0.2, 0) is 4.79 Å². The zero-order valence-corrected chi connectivity index (χ0v) is 15.0. The lowest BCUT2D eigenvalue weighted by Gasteiger charge is -2.20. The van der Waals surface area contributed by atoms with Crippen LogP contribution < -0.4 is 0 Å². The van der Waals surface area contributed by atoms with Crippen LogP contribution in [0.25, 0.3) is 6.08 Å². The van der Waals surface area contributed by atoms with Crippen molar-refractivity contribution in [3.8, 4) is 0 Å². The van der Waals surface area contributed by atoms with Crippen molar-refractivity contribution < 1.29 is 4.79 Å². The Hall–Kier alpha value is -2.21. The number of amidine groups is 2. The number of carbonyl (C=O) groups excluding carboxylic acids is 1. The van der Waals surface area contributed by atoms with Crippen LogP contribution in [0.5, 0.6) is 0 Å². The molecule has 1 aliphatic carbocycles. The van der Waals surface area contributed by atoms with Gasteiger partial charge < -0.3 is 0 Å². The molecule has 1 fully saturated rings. The van der Waals surface area contributed by atoms with E-state index in [1.165, 1.54) is 36.0 Å². The normalized spacial score (nSPS) is 22.9. The quantitative estimate of drug-likeness (QED) is 0.811. The lowest BCUT2D eigenvalue weighted by molar-refractivity contribution is -0.114. The van der Waals surface area contributed by atoms with Gasteiger partial charge in [-0.1, -0.05) is 43.5 Å². The van der Waals surface area contributed by atoms with Crippen molar-refractivity contribution in [3.05, 3.63) is 41.0 Å². The Kier molecular flexibility index (Phi) is 4.29. The van der Waals surface area contributed by atoms with Crippen LogP contribution in [0.2, 0.25) is 0 Å². The number of aryl methyl sites for hydroxylation is 1. The van der Waals surface area contributed by atoms with Crippen molar-refractivity contribution in [2.24, 2.45) is 16.0 Å². The number of hydrogen-bond acceptors (Lipinski definition) is 4. The Morgan fingerprint density at radius 3 is 2.76 bits per heavy atom. The lowest BCUT2D eigenvalue weighted by Crippen LogP contribution is -2.35. The molecule has 0 saturated heterocycles. The number of hydrogen-bond donors (Lipinski definition) is 1. The summed E-state index contributed by atoms with van der Waals surface area (Å²) in [5.41, 5.74) is 2.29. The van der Waals surface area contributed by atoms with Crippen molar-refractivity contribution in [2.75, 3.05) is 0 Å². The standard InChI is InChI=1S/C19H20N4OS/c1-12-7-5-6-10-14(12)11-15-16(20)23-19(21-17(15)24)25-18(22-23)13-8-3-2-4-9-13/h5-7,10-11,13,20H,2-4,8-9H2,1H3. The fourth-order valence-corrected chi connectivity index (χ4v) is 4.48. The second-order valence-corrected chi connectivity index (χ2v) is 7.64. The number of fused-ring (bicyclic) bond motifs is 1. The predicted octanol–water partition coefficient (Wildman–Crippen LogP) is 4.19. The molecule has 3 aliphatic rings. The topological polar surface area (TPSA) is 68.9 Å². The van der Waals surface area contributed by atoms with Gasteiger partial charge in [0, 0.05) is 5.92 Å². The fourth-order valence-electron chi connectivity index (χ4n) is 3.43. The molecular weight excluding hydrogens is 332 g/mol. The molecule has 0 bridgehead atoms. The molecule has 5 nitrogen and oxygen atoms in total. The Morgan fingerprint density at radius 1 is 1.24 bits per heavy atom. The number of benzene rings is 1. The molecule has 2 aliphatic heterocycles. The van der Waals surface area contributed by atoms with Crippen LogP contribution in [0.4, 0.5) is 0 Å². The lowest BCUT2D eigenvalue weighted by atomic mass is 9.90. The number of amides is 1. The molecule has 128 valence electrons. The molecule has 0 aromatic heterocycles. The number of rotatable bonds is 2. The predicted molar refractivity (Wildman–Crippen MR) is 103 cm³/mol. The minimum atomic E-state index is -0.355. The molecule has 0 atom stereocenters. The first-order valence-electron chi connectivity index (χ1n) is 8.69. The summed E-state index contributed by atoms with van der Waals surface area (Å²) < 4.78 is 0. The van der Waals surface area contributed by atoms with Crippen molar-refractivity contribution in [1.29, 1.82) is 5.41 Å². The second kappa shape index (κ2) is 6.59. The summed E-state index contributed by atoms with van der Waals surface area (Å²) in [6.45, 7) is 1.99. The van der Waals surface area contributed by atoms with Crippen LogP contribution in [0.15, 0.2) is 39.9 Å². The number of thioether (sulfide) groups is 1. The molecule has 25 heavy (non-hydrogen) atoms. The minimum absolute atomic E-state index is 0.122. The first kappa shape index (κ1) is 16.3. The van der Waals surface area contributed by atoms with E-state index in [-0.39, 0.29) is 11.7 Å². The third-order valence-corrected chi connectivity index (χ3v) is 5.98. The molecule has 0 radical (unpaired) electrons. The van der Waals surface area contributed by atoms with Gasteiger partial charge in [-0.15, -0.1) is 0 Å². The molecule has 1 aromatic carbocycles. The summed E-state index contributed by atoms with van der Waals surface area (Å²) in [6, 6.07) is 7.82. The second-order valence-electron chi connectivity index (χ2n) is 6.65. The van der Waals surface area contributed by atoms with E-state index in [4.69, 9.17) is 5.41 Å². The van der Waals surface area contributed by atoms with Gasteiger partial charge in [-0.05, 0) is 48.7 Å². The van der Waals surface area contributed by atoms with Crippen molar-refractivity contribution in [3.63, 3.8) is 0 Å². The Morgan fingerprint density at radius 2 is 2.00 bits per heavy atom. The monoisotopic (exact) mass is 352 g/mol. The van der Waals surface area contributed by atoms with Gasteiger partial charge in [0.2, 0.25) is 5.17 Å². The smallest absolute Gasteiger partial charge is 0.282 e. The third-order valence-electron chi connectivity index (χ3n) is 4.91. The van der Waals surface area contributed by atoms with Gasteiger partial charge in [0.25, 0.3) is 5.91 Å². The summed E-state index contributed by atoms with van der Waals surface area (Å²) in [7, 11) is 0. The summed E-state index contributed by atoms with van der Waals surface area (Å²) in [5.74, 6) is 0.211. The number of hydrazone groups is 1. The molecule has 6 heteroatoms. The number of aliphatic imine (C=N–C) groups is 1. The number of nitrogens with zero attached hydrogens (tertiary/aromatic N) is 3. The third kappa shape index (κ3) is 3.06. The first-order valence-corrected chi connectivity index (χ1v) is 9.51. The highest BCUT2D eigenvalue weighted by Gasteiger charge is 2.37. The fraction of sp³-hybridized carbons (Fsp3) is 0.368. The maximum Gasteiger partial charge on any atom is 0.283 e. The van der Waals surface area contributed by atoms with E-state index < -0.39 is 0 Å². The maximum absolute atomic E-state index is 12.5. The van der Waals surface area contributed by atoms with Gasteiger partial charge >= 0.3 is 0 Å². The van der Waals surface area contributed by atoms with Gasteiger partial charge in [-0.3, -0.25) is 10.2 Å². The van der Waals surface area contributed by atoms with Gasteiger partial charge in [0.05, 0.1) is 5.57 Å². The van der Waals surface area contributed by atoms with Crippen molar-refractivity contribution in [1.82, 2.24) is 5.01 Å².